The summed E-state index contributed by atoms with van der Waals surface area (Å²) in [5.41, 5.74) is 0. The molecule has 58 valence electrons. The molecule has 4 heteroatoms. The Kier molecular flexibility index (Phi) is 2.44. The van der Waals surface area contributed by atoms with Gasteiger partial charge in [-0.1, -0.05) is 6.07 Å². The predicted octanol–water partition coefficient (Wildman–Crippen LogP) is 1.59. The number of nitrogens with zero attached hydrogens (tertiary/aromatic N) is 2. The number of anilines is 1. The van der Waals surface area contributed by atoms with Crippen molar-refractivity contribution in [2.75, 3.05) is 4.42 Å². The Morgan fingerprint density at radius 1 is 1.64 bits per heavy atom. The van der Waals surface area contributed by atoms with E-state index in [1.165, 1.54) is 6.92 Å². The number of pyridine rings is 1. The summed E-state index contributed by atoms with van der Waals surface area (Å²) in [6.07, 6.45) is 1.58. The first-order valence-electron chi connectivity index (χ1n) is 3.09. The Labute approximate surface area is 69.7 Å². The number of hydrogen-bond donors (Lipinski definition) is 0. The van der Waals surface area contributed by atoms with Gasteiger partial charge < -0.3 is 0 Å². The zero-order valence-electron chi connectivity index (χ0n) is 5.99. The second-order valence-electron chi connectivity index (χ2n) is 1.99. The van der Waals surface area contributed by atoms with Crippen LogP contribution < -0.4 is 4.42 Å². The lowest BCUT2D eigenvalue weighted by molar-refractivity contribution is -0.115. The summed E-state index contributed by atoms with van der Waals surface area (Å²) in [6, 6.07) is 5.18. The first kappa shape index (κ1) is 8.01. The fraction of sp³-hybridized carbons (Fsp3) is 0.143. The van der Waals surface area contributed by atoms with E-state index >= 15 is 0 Å². The fourth-order valence-corrected chi connectivity index (χ4v) is 0.731. The highest BCUT2D eigenvalue weighted by atomic mass is 35.5. The van der Waals surface area contributed by atoms with E-state index < -0.39 is 0 Å². The topological polar surface area (TPSA) is 33.2 Å². The van der Waals surface area contributed by atoms with Gasteiger partial charge in [-0.15, -0.1) is 0 Å². The van der Waals surface area contributed by atoms with Crippen LogP contribution in [0.5, 0.6) is 0 Å². The van der Waals surface area contributed by atoms with Crippen molar-refractivity contribution in [1.29, 1.82) is 0 Å². The molecule has 0 saturated heterocycles. The summed E-state index contributed by atoms with van der Waals surface area (Å²) < 4.78 is 0.972. The molecule has 0 aromatic carbocycles. The molecule has 0 atom stereocenters. The minimum Gasteiger partial charge on any atom is -0.273 e. The van der Waals surface area contributed by atoms with E-state index in [0.717, 1.165) is 4.42 Å². The molecule has 0 spiro atoms. The molecule has 11 heavy (non-hydrogen) atoms. The average molecular weight is 171 g/mol. The van der Waals surface area contributed by atoms with E-state index in [2.05, 4.69) is 4.98 Å². The van der Waals surface area contributed by atoms with Crippen molar-refractivity contribution < 1.29 is 4.79 Å². The summed E-state index contributed by atoms with van der Waals surface area (Å²) >= 11 is 5.56. The Balaban J connectivity index is 2.85. The smallest absolute Gasteiger partial charge is 0.239 e. The van der Waals surface area contributed by atoms with Crippen molar-refractivity contribution in [3.05, 3.63) is 24.4 Å². The van der Waals surface area contributed by atoms with Gasteiger partial charge in [-0.2, -0.15) is 0 Å². The van der Waals surface area contributed by atoms with Crippen LogP contribution in [0.15, 0.2) is 24.4 Å². The second kappa shape index (κ2) is 3.34. The Morgan fingerprint density at radius 3 is 2.82 bits per heavy atom. The van der Waals surface area contributed by atoms with Crippen LogP contribution in [0.3, 0.4) is 0 Å². The number of amides is 1. The largest absolute Gasteiger partial charge is 0.273 e. The zero-order valence-corrected chi connectivity index (χ0v) is 6.75. The highest BCUT2D eigenvalue weighted by Crippen LogP contribution is 2.11. The summed E-state index contributed by atoms with van der Waals surface area (Å²) in [7, 11) is 0. The molecule has 0 saturated carbocycles. The van der Waals surface area contributed by atoms with Crippen molar-refractivity contribution in [3.8, 4) is 0 Å². The molecule has 1 amide bonds. The van der Waals surface area contributed by atoms with Crippen LogP contribution in [0.25, 0.3) is 0 Å². The molecule has 0 radical (unpaired) electrons. The Morgan fingerprint density at radius 2 is 2.36 bits per heavy atom. The molecule has 0 aliphatic carbocycles. The maximum absolute atomic E-state index is 10.7. The van der Waals surface area contributed by atoms with E-state index in [-0.39, 0.29) is 5.91 Å². The Bertz CT molecular complexity index is 250. The van der Waals surface area contributed by atoms with Crippen LogP contribution in [0.1, 0.15) is 6.92 Å². The molecule has 0 fully saturated rings. The minimum absolute atomic E-state index is 0.245. The van der Waals surface area contributed by atoms with E-state index in [4.69, 9.17) is 11.8 Å². The third kappa shape index (κ3) is 1.91. The van der Waals surface area contributed by atoms with Crippen LogP contribution in [0, 0.1) is 0 Å². The van der Waals surface area contributed by atoms with Crippen molar-refractivity contribution in [2.45, 2.75) is 6.92 Å². The van der Waals surface area contributed by atoms with Gasteiger partial charge in [0.2, 0.25) is 5.91 Å². The molecule has 1 aromatic rings. The molecule has 0 N–H and O–H groups in total. The normalized spacial score (nSPS) is 9.27. The van der Waals surface area contributed by atoms with Crippen LogP contribution in [-0.4, -0.2) is 10.9 Å². The van der Waals surface area contributed by atoms with Crippen LogP contribution in [-0.2, 0) is 4.79 Å². The standard InChI is InChI=1S/C7H7ClN2O/c1-6(11)10(8)7-4-2-3-5-9-7/h2-5H,1H3. The highest BCUT2D eigenvalue weighted by molar-refractivity contribution is 6.35. The van der Waals surface area contributed by atoms with Crippen LogP contribution >= 0.6 is 11.8 Å². The molecule has 0 bridgehead atoms. The lowest BCUT2D eigenvalue weighted by atomic mass is 10.4. The molecular weight excluding hydrogens is 164 g/mol. The van der Waals surface area contributed by atoms with Gasteiger partial charge in [-0.25, -0.2) is 9.40 Å². The van der Waals surface area contributed by atoms with Gasteiger partial charge in [-0.05, 0) is 12.1 Å². The average Bonchev–Trinajstić information content (AvgIpc) is 2.05. The third-order valence-corrected chi connectivity index (χ3v) is 1.54. The summed E-state index contributed by atoms with van der Waals surface area (Å²) in [4.78, 5) is 14.6. The van der Waals surface area contributed by atoms with Gasteiger partial charge in [0.05, 0.1) is 0 Å². The van der Waals surface area contributed by atoms with Crippen molar-refractivity contribution in [2.24, 2.45) is 0 Å². The van der Waals surface area contributed by atoms with Crippen LogP contribution in [0.2, 0.25) is 0 Å². The number of carbonyl (C=O) groups excluding carboxylic acids is 1. The zero-order chi connectivity index (χ0) is 8.27. The molecule has 0 unspecified atom stereocenters. The number of hydrogen-bond acceptors (Lipinski definition) is 2. The maximum atomic E-state index is 10.7. The first-order valence-corrected chi connectivity index (χ1v) is 3.43. The predicted molar refractivity (Wildman–Crippen MR) is 43.3 cm³/mol. The van der Waals surface area contributed by atoms with Crippen molar-refractivity contribution >= 4 is 23.5 Å². The monoisotopic (exact) mass is 170 g/mol. The third-order valence-electron chi connectivity index (χ3n) is 1.13. The number of carbonyl (C=O) groups is 1. The van der Waals surface area contributed by atoms with Gasteiger partial charge in [0.25, 0.3) is 0 Å². The number of rotatable bonds is 1. The molecule has 3 nitrogen and oxygen atoms in total. The number of aromatic nitrogens is 1. The Hall–Kier alpha value is -1.09. The van der Waals surface area contributed by atoms with E-state index in [1.807, 2.05) is 0 Å². The summed E-state index contributed by atoms with van der Waals surface area (Å²) in [5.74, 6) is 0.201. The molecule has 1 rings (SSSR count). The van der Waals surface area contributed by atoms with Gasteiger partial charge in [0.1, 0.15) is 0 Å². The quantitative estimate of drug-likeness (QED) is 0.600. The van der Waals surface area contributed by atoms with Crippen LogP contribution in [0.4, 0.5) is 5.82 Å². The molecule has 1 aromatic heterocycles. The first-order chi connectivity index (χ1) is 5.22. The van der Waals surface area contributed by atoms with E-state index in [9.17, 15) is 4.79 Å². The van der Waals surface area contributed by atoms with Gasteiger partial charge in [-0.3, -0.25) is 4.79 Å². The molecule has 0 aliphatic heterocycles. The lowest BCUT2D eigenvalue weighted by Gasteiger charge is -2.08. The van der Waals surface area contributed by atoms with Gasteiger partial charge in [0.15, 0.2) is 5.82 Å². The number of halogens is 1. The molecular formula is C7H7ClN2O. The second-order valence-corrected chi connectivity index (χ2v) is 2.33. The van der Waals surface area contributed by atoms with Gasteiger partial charge in [0, 0.05) is 24.9 Å². The van der Waals surface area contributed by atoms with Crippen molar-refractivity contribution in [1.82, 2.24) is 4.98 Å². The summed E-state index contributed by atoms with van der Waals surface area (Å²) in [6.45, 7) is 1.38. The van der Waals surface area contributed by atoms with Crippen molar-refractivity contribution in [3.63, 3.8) is 0 Å². The fourth-order valence-electron chi connectivity index (χ4n) is 0.631. The lowest BCUT2D eigenvalue weighted by Crippen LogP contribution is -2.17. The minimum atomic E-state index is -0.245. The highest BCUT2D eigenvalue weighted by Gasteiger charge is 2.07. The molecule has 1 heterocycles. The SMILES string of the molecule is CC(=O)N(Cl)c1ccccn1. The summed E-state index contributed by atoms with van der Waals surface area (Å²) in [5, 5.41) is 0. The molecule has 0 aliphatic rings. The van der Waals surface area contributed by atoms with E-state index in [0.29, 0.717) is 5.82 Å². The van der Waals surface area contributed by atoms with E-state index in [1.54, 1.807) is 24.4 Å². The maximum Gasteiger partial charge on any atom is 0.239 e. The van der Waals surface area contributed by atoms with Gasteiger partial charge >= 0.3 is 0 Å².